The molecule has 3 aromatic carbocycles. The van der Waals surface area contributed by atoms with Gasteiger partial charge in [-0.25, -0.2) is 0 Å². The van der Waals surface area contributed by atoms with Gasteiger partial charge in [-0.1, -0.05) is 24.3 Å². The molecule has 0 unspecified atom stereocenters. The summed E-state index contributed by atoms with van der Waals surface area (Å²) in [5, 5.41) is 14.1. The van der Waals surface area contributed by atoms with Crippen LogP contribution in [0.5, 0.6) is 5.75 Å². The number of halogens is 2. The van der Waals surface area contributed by atoms with Gasteiger partial charge in [0.25, 0.3) is 0 Å². The topological polar surface area (TPSA) is 20.2 Å². The first-order valence-electron chi connectivity index (χ1n) is 5.16. The van der Waals surface area contributed by atoms with Crippen molar-refractivity contribution in [3.05, 3.63) is 51.4 Å². The summed E-state index contributed by atoms with van der Waals surface area (Å²) in [4.78, 5) is 0. The third-order valence-electron chi connectivity index (χ3n) is 2.87. The fourth-order valence-corrected chi connectivity index (χ4v) is 2.90. The Kier molecular flexibility index (Phi) is 2.60. The molecule has 3 aromatic rings. The van der Waals surface area contributed by atoms with Gasteiger partial charge in [0.2, 0.25) is 0 Å². The average molecular weight is 352 g/mol. The Morgan fingerprint density at radius 1 is 0.824 bits per heavy atom. The second-order valence-corrected chi connectivity index (χ2v) is 5.58. The Morgan fingerprint density at radius 3 is 2.06 bits per heavy atom. The summed E-state index contributed by atoms with van der Waals surface area (Å²) in [6.45, 7) is 0. The first-order valence-corrected chi connectivity index (χ1v) is 6.75. The zero-order valence-electron chi connectivity index (χ0n) is 8.74. The van der Waals surface area contributed by atoms with Crippen LogP contribution in [0.25, 0.3) is 21.5 Å². The molecule has 3 rings (SSSR count). The van der Waals surface area contributed by atoms with Crippen molar-refractivity contribution >= 4 is 53.4 Å². The number of hydrogen-bond acceptors (Lipinski definition) is 1. The van der Waals surface area contributed by atoms with Crippen LogP contribution in [0, 0.1) is 0 Å². The highest BCUT2D eigenvalue weighted by Gasteiger charge is 2.09. The SMILES string of the molecule is Oc1cc(Br)c(Br)c2cc3ccccc3cc12. The fourth-order valence-electron chi connectivity index (χ4n) is 2.02. The quantitative estimate of drug-likeness (QED) is 0.550. The molecule has 0 bridgehead atoms. The van der Waals surface area contributed by atoms with Gasteiger partial charge in [0.1, 0.15) is 5.75 Å². The molecule has 84 valence electrons. The van der Waals surface area contributed by atoms with E-state index in [0.29, 0.717) is 5.75 Å². The largest absolute Gasteiger partial charge is 0.507 e. The van der Waals surface area contributed by atoms with Crippen molar-refractivity contribution < 1.29 is 5.11 Å². The van der Waals surface area contributed by atoms with Crippen molar-refractivity contribution in [2.45, 2.75) is 0 Å². The molecule has 1 nitrogen and oxygen atoms in total. The molecule has 1 N–H and O–H groups in total. The Balaban J connectivity index is 2.56. The first-order chi connectivity index (χ1) is 8.16. The van der Waals surface area contributed by atoms with Crippen LogP contribution in [-0.2, 0) is 0 Å². The number of fused-ring (bicyclic) bond motifs is 2. The summed E-state index contributed by atoms with van der Waals surface area (Å²) in [6, 6.07) is 13.9. The number of aromatic hydroxyl groups is 1. The minimum atomic E-state index is 0.292. The van der Waals surface area contributed by atoms with E-state index in [0.717, 1.165) is 25.1 Å². The normalized spacial score (nSPS) is 11.2. The Morgan fingerprint density at radius 2 is 1.41 bits per heavy atom. The zero-order valence-corrected chi connectivity index (χ0v) is 11.9. The van der Waals surface area contributed by atoms with E-state index in [9.17, 15) is 5.11 Å². The molecule has 0 aliphatic rings. The molecule has 0 aliphatic heterocycles. The van der Waals surface area contributed by atoms with Crippen molar-refractivity contribution in [3.63, 3.8) is 0 Å². The van der Waals surface area contributed by atoms with Gasteiger partial charge in [-0.05, 0) is 60.8 Å². The van der Waals surface area contributed by atoms with Gasteiger partial charge >= 0.3 is 0 Å². The fraction of sp³-hybridized carbons (Fsp3) is 0. The molecule has 0 saturated heterocycles. The molecule has 0 saturated carbocycles. The van der Waals surface area contributed by atoms with Crippen LogP contribution in [0.2, 0.25) is 0 Å². The Hall–Kier alpha value is -1.06. The summed E-state index contributed by atoms with van der Waals surface area (Å²) in [5.41, 5.74) is 0. The average Bonchev–Trinajstić information content (AvgIpc) is 2.34. The monoisotopic (exact) mass is 350 g/mol. The van der Waals surface area contributed by atoms with E-state index in [2.05, 4.69) is 44.0 Å². The van der Waals surface area contributed by atoms with E-state index in [1.807, 2.05) is 24.3 Å². The molecule has 0 heterocycles. The summed E-state index contributed by atoms with van der Waals surface area (Å²) in [6.07, 6.45) is 0. The second-order valence-electron chi connectivity index (χ2n) is 3.94. The molecule has 0 fully saturated rings. The van der Waals surface area contributed by atoms with E-state index in [1.54, 1.807) is 6.07 Å². The molecule has 0 amide bonds. The number of hydrogen-bond donors (Lipinski definition) is 1. The van der Waals surface area contributed by atoms with Gasteiger partial charge in [0.15, 0.2) is 0 Å². The second kappa shape index (κ2) is 4.00. The summed E-state index contributed by atoms with van der Waals surface area (Å²) >= 11 is 6.97. The molecule has 3 heteroatoms. The van der Waals surface area contributed by atoms with Crippen molar-refractivity contribution in [2.24, 2.45) is 0 Å². The molecule has 0 radical (unpaired) electrons. The van der Waals surface area contributed by atoms with Gasteiger partial charge in [0.05, 0.1) is 0 Å². The minimum absolute atomic E-state index is 0.292. The maximum atomic E-state index is 9.99. The molecule has 0 aliphatic carbocycles. The molecular formula is C14H8Br2O. The molecule has 0 spiro atoms. The van der Waals surface area contributed by atoms with Crippen LogP contribution in [0.1, 0.15) is 0 Å². The van der Waals surface area contributed by atoms with Gasteiger partial charge < -0.3 is 5.11 Å². The third kappa shape index (κ3) is 1.74. The van der Waals surface area contributed by atoms with Gasteiger partial charge in [-0.2, -0.15) is 0 Å². The third-order valence-corrected chi connectivity index (χ3v) is 4.88. The predicted octanol–water partition coefficient (Wildman–Crippen LogP) is 5.22. The minimum Gasteiger partial charge on any atom is -0.507 e. The van der Waals surface area contributed by atoms with Crippen LogP contribution in [0.4, 0.5) is 0 Å². The van der Waals surface area contributed by atoms with Gasteiger partial charge in [-0.3, -0.25) is 0 Å². The lowest BCUT2D eigenvalue weighted by Crippen LogP contribution is -1.80. The molecule has 17 heavy (non-hydrogen) atoms. The van der Waals surface area contributed by atoms with Crippen LogP contribution >= 0.6 is 31.9 Å². The lowest BCUT2D eigenvalue weighted by Gasteiger charge is -2.08. The van der Waals surface area contributed by atoms with Gasteiger partial charge in [0, 0.05) is 19.7 Å². The van der Waals surface area contributed by atoms with Crippen LogP contribution in [0.15, 0.2) is 51.4 Å². The Bertz CT molecular complexity index is 735. The number of benzene rings is 3. The van der Waals surface area contributed by atoms with Crippen molar-refractivity contribution in [1.29, 1.82) is 0 Å². The highest BCUT2D eigenvalue weighted by atomic mass is 79.9. The van der Waals surface area contributed by atoms with Crippen LogP contribution in [-0.4, -0.2) is 5.11 Å². The van der Waals surface area contributed by atoms with E-state index < -0.39 is 0 Å². The van der Waals surface area contributed by atoms with E-state index in [4.69, 9.17) is 0 Å². The molecule has 0 atom stereocenters. The zero-order chi connectivity index (χ0) is 12.0. The lowest BCUT2D eigenvalue weighted by molar-refractivity contribution is 0.481. The van der Waals surface area contributed by atoms with E-state index in [1.165, 1.54) is 5.39 Å². The molecular weight excluding hydrogens is 344 g/mol. The number of rotatable bonds is 0. The Labute approximate surface area is 115 Å². The van der Waals surface area contributed by atoms with Crippen LogP contribution in [0.3, 0.4) is 0 Å². The summed E-state index contributed by atoms with van der Waals surface area (Å²) in [7, 11) is 0. The highest BCUT2D eigenvalue weighted by molar-refractivity contribution is 9.13. The first kappa shape index (κ1) is 11.1. The predicted molar refractivity (Wildman–Crippen MR) is 78.5 cm³/mol. The number of phenols is 1. The lowest BCUT2D eigenvalue weighted by atomic mass is 10.0. The van der Waals surface area contributed by atoms with Crippen LogP contribution < -0.4 is 0 Å². The maximum Gasteiger partial charge on any atom is 0.124 e. The van der Waals surface area contributed by atoms with E-state index >= 15 is 0 Å². The highest BCUT2D eigenvalue weighted by Crippen LogP contribution is 2.39. The summed E-state index contributed by atoms with van der Waals surface area (Å²) in [5.74, 6) is 0.292. The van der Waals surface area contributed by atoms with Gasteiger partial charge in [-0.15, -0.1) is 0 Å². The standard InChI is InChI=1S/C14H8Br2O/c15-12-7-13(17)10-5-8-3-1-2-4-9(8)6-11(10)14(12)16/h1-7,17H. The molecule has 0 aromatic heterocycles. The van der Waals surface area contributed by atoms with Crippen molar-refractivity contribution in [2.75, 3.05) is 0 Å². The van der Waals surface area contributed by atoms with Crippen molar-refractivity contribution in [1.82, 2.24) is 0 Å². The number of phenolic OH excluding ortho intramolecular Hbond substituents is 1. The maximum absolute atomic E-state index is 9.99. The van der Waals surface area contributed by atoms with E-state index in [-0.39, 0.29) is 0 Å². The smallest absolute Gasteiger partial charge is 0.124 e. The van der Waals surface area contributed by atoms with Crippen molar-refractivity contribution in [3.8, 4) is 5.75 Å². The summed E-state index contributed by atoms with van der Waals surface area (Å²) < 4.78 is 1.83.